The highest BCUT2D eigenvalue weighted by molar-refractivity contribution is 9.10. The Morgan fingerprint density at radius 2 is 2.12 bits per heavy atom. The van der Waals surface area contributed by atoms with Crippen LogP contribution >= 0.6 is 15.9 Å². The van der Waals surface area contributed by atoms with Crippen LogP contribution in [0, 0.1) is 5.92 Å². The molecule has 2 aromatic rings. The average Bonchev–Trinajstić information content (AvgIpc) is 2.68. The Bertz CT molecular complexity index is 533. The van der Waals surface area contributed by atoms with E-state index in [0.29, 0.717) is 0 Å². The lowest BCUT2D eigenvalue weighted by molar-refractivity contribution is 0.418. The van der Waals surface area contributed by atoms with E-state index in [2.05, 4.69) is 37.4 Å². The van der Waals surface area contributed by atoms with Crippen LogP contribution in [0.3, 0.4) is 0 Å². The summed E-state index contributed by atoms with van der Waals surface area (Å²) >= 11 is 3.58. The summed E-state index contributed by atoms with van der Waals surface area (Å²) in [4.78, 5) is 8.70. The maximum absolute atomic E-state index is 4.65. The predicted octanol–water partition coefficient (Wildman–Crippen LogP) is 3.29. The Morgan fingerprint density at radius 1 is 1.35 bits per heavy atom. The molecule has 0 amide bonds. The molecule has 1 atom stereocenters. The average molecular weight is 292 g/mol. The van der Waals surface area contributed by atoms with Crippen molar-refractivity contribution in [2.75, 3.05) is 0 Å². The fourth-order valence-corrected chi connectivity index (χ4v) is 2.94. The van der Waals surface area contributed by atoms with Crippen molar-refractivity contribution in [1.29, 1.82) is 0 Å². The highest BCUT2D eigenvalue weighted by Crippen LogP contribution is 2.31. The fraction of sp³-hybridized carbons (Fsp3) is 0.385. The van der Waals surface area contributed by atoms with Gasteiger partial charge in [-0.1, -0.05) is 6.92 Å². The quantitative estimate of drug-likeness (QED) is 0.807. The maximum atomic E-state index is 4.65. The van der Waals surface area contributed by atoms with Crippen LogP contribution < -0.4 is 0 Å². The summed E-state index contributed by atoms with van der Waals surface area (Å²) in [5, 5.41) is 0. The van der Waals surface area contributed by atoms with E-state index >= 15 is 0 Å². The lowest BCUT2D eigenvalue weighted by Gasteiger charge is -2.22. The topological polar surface area (TPSA) is 30.7 Å². The standard InChI is InChI=1S/C13H14BrN3/c1-9-4-7-17-11(8-9)12(14)16-13(17)10-2-5-15-6-3-10/h2-3,5-6,9H,4,7-8H2,1H3. The van der Waals surface area contributed by atoms with Crippen LogP contribution in [0.1, 0.15) is 19.0 Å². The van der Waals surface area contributed by atoms with E-state index in [9.17, 15) is 0 Å². The first-order valence-corrected chi connectivity index (χ1v) is 6.70. The zero-order valence-corrected chi connectivity index (χ0v) is 11.3. The third-order valence-corrected chi connectivity index (χ3v) is 3.98. The van der Waals surface area contributed by atoms with Crippen LogP contribution in [-0.4, -0.2) is 14.5 Å². The number of pyridine rings is 1. The normalized spacial score (nSPS) is 19.1. The van der Waals surface area contributed by atoms with Crippen molar-refractivity contribution in [2.45, 2.75) is 26.3 Å². The highest BCUT2D eigenvalue weighted by atomic mass is 79.9. The van der Waals surface area contributed by atoms with Crippen molar-refractivity contribution in [1.82, 2.24) is 14.5 Å². The third-order valence-electron chi connectivity index (χ3n) is 3.35. The van der Waals surface area contributed by atoms with Gasteiger partial charge in [0, 0.05) is 24.5 Å². The lowest BCUT2D eigenvalue weighted by Crippen LogP contribution is -2.17. The van der Waals surface area contributed by atoms with Gasteiger partial charge in [-0.05, 0) is 46.8 Å². The third kappa shape index (κ3) is 1.90. The van der Waals surface area contributed by atoms with E-state index in [1.165, 1.54) is 12.1 Å². The molecule has 0 N–H and O–H groups in total. The van der Waals surface area contributed by atoms with E-state index in [0.717, 1.165) is 34.9 Å². The predicted molar refractivity (Wildman–Crippen MR) is 70.6 cm³/mol. The minimum Gasteiger partial charge on any atom is -0.327 e. The van der Waals surface area contributed by atoms with E-state index < -0.39 is 0 Å². The van der Waals surface area contributed by atoms with Crippen molar-refractivity contribution in [3.05, 3.63) is 34.8 Å². The van der Waals surface area contributed by atoms with Crippen LogP contribution in [0.4, 0.5) is 0 Å². The van der Waals surface area contributed by atoms with Crippen LogP contribution in [0.25, 0.3) is 11.4 Å². The molecule has 0 aliphatic carbocycles. The summed E-state index contributed by atoms with van der Waals surface area (Å²) in [6, 6.07) is 4.03. The summed E-state index contributed by atoms with van der Waals surface area (Å²) in [5.41, 5.74) is 2.47. The number of hydrogen-bond acceptors (Lipinski definition) is 2. The summed E-state index contributed by atoms with van der Waals surface area (Å²) in [6.07, 6.45) is 5.97. The molecule has 3 rings (SSSR count). The van der Waals surface area contributed by atoms with Gasteiger partial charge in [-0.25, -0.2) is 4.98 Å². The number of hydrogen-bond donors (Lipinski definition) is 0. The fourth-order valence-electron chi connectivity index (χ4n) is 2.40. The van der Waals surface area contributed by atoms with Crippen LogP contribution in [0.15, 0.2) is 29.1 Å². The SMILES string of the molecule is CC1CCn2c(-c3ccncc3)nc(Br)c2C1. The van der Waals surface area contributed by atoms with Gasteiger partial charge in [-0.15, -0.1) is 0 Å². The first-order chi connectivity index (χ1) is 8.25. The molecule has 0 saturated heterocycles. The molecule has 1 aliphatic heterocycles. The van der Waals surface area contributed by atoms with Crippen molar-refractivity contribution in [3.63, 3.8) is 0 Å². The molecule has 1 aliphatic rings. The molecule has 3 nitrogen and oxygen atoms in total. The molecule has 0 spiro atoms. The zero-order valence-electron chi connectivity index (χ0n) is 9.73. The summed E-state index contributed by atoms with van der Waals surface area (Å²) in [5.74, 6) is 1.81. The van der Waals surface area contributed by atoms with Gasteiger partial charge >= 0.3 is 0 Å². The number of halogens is 1. The smallest absolute Gasteiger partial charge is 0.141 e. The van der Waals surface area contributed by atoms with Gasteiger partial charge in [0.15, 0.2) is 0 Å². The molecule has 17 heavy (non-hydrogen) atoms. The first kappa shape index (κ1) is 11.0. The molecule has 3 heterocycles. The molecule has 0 saturated carbocycles. The summed E-state index contributed by atoms with van der Waals surface area (Å²) in [6.45, 7) is 3.36. The molecule has 1 unspecified atom stereocenters. The van der Waals surface area contributed by atoms with E-state index in [4.69, 9.17) is 0 Å². The molecular weight excluding hydrogens is 278 g/mol. The Kier molecular flexibility index (Phi) is 2.74. The zero-order chi connectivity index (χ0) is 11.8. The summed E-state index contributed by atoms with van der Waals surface area (Å²) in [7, 11) is 0. The molecular formula is C13H14BrN3. The van der Waals surface area contributed by atoms with Gasteiger partial charge in [0.1, 0.15) is 10.4 Å². The van der Waals surface area contributed by atoms with E-state index in [-0.39, 0.29) is 0 Å². The van der Waals surface area contributed by atoms with Gasteiger partial charge in [0.25, 0.3) is 0 Å². The van der Waals surface area contributed by atoms with Crippen molar-refractivity contribution < 1.29 is 0 Å². The Balaban J connectivity index is 2.11. The lowest BCUT2D eigenvalue weighted by atomic mass is 9.98. The van der Waals surface area contributed by atoms with E-state index in [1.807, 2.05) is 24.5 Å². The number of nitrogens with zero attached hydrogens (tertiary/aromatic N) is 3. The molecule has 0 aromatic carbocycles. The van der Waals surface area contributed by atoms with Gasteiger partial charge in [0.2, 0.25) is 0 Å². The molecule has 0 radical (unpaired) electrons. The number of imidazole rings is 1. The second-order valence-electron chi connectivity index (χ2n) is 4.66. The monoisotopic (exact) mass is 291 g/mol. The van der Waals surface area contributed by atoms with Crippen LogP contribution in [-0.2, 0) is 13.0 Å². The molecule has 0 fully saturated rings. The Labute approximate surface area is 109 Å². The number of fused-ring (bicyclic) bond motifs is 1. The summed E-state index contributed by atoms with van der Waals surface area (Å²) < 4.78 is 3.33. The highest BCUT2D eigenvalue weighted by Gasteiger charge is 2.22. The number of aromatic nitrogens is 3. The maximum Gasteiger partial charge on any atom is 0.141 e. The second-order valence-corrected chi connectivity index (χ2v) is 5.41. The minimum absolute atomic E-state index is 0.751. The van der Waals surface area contributed by atoms with Crippen LogP contribution in [0.2, 0.25) is 0 Å². The van der Waals surface area contributed by atoms with Crippen molar-refractivity contribution >= 4 is 15.9 Å². The van der Waals surface area contributed by atoms with Crippen LogP contribution in [0.5, 0.6) is 0 Å². The first-order valence-electron chi connectivity index (χ1n) is 5.91. The van der Waals surface area contributed by atoms with Crippen molar-refractivity contribution in [3.8, 4) is 11.4 Å². The molecule has 2 aromatic heterocycles. The Morgan fingerprint density at radius 3 is 2.88 bits per heavy atom. The van der Waals surface area contributed by atoms with Crippen molar-refractivity contribution in [2.24, 2.45) is 5.92 Å². The second kappa shape index (κ2) is 4.26. The van der Waals surface area contributed by atoms with Gasteiger partial charge in [0.05, 0.1) is 5.69 Å². The Hall–Kier alpha value is -1.16. The van der Waals surface area contributed by atoms with Gasteiger partial charge < -0.3 is 4.57 Å². The molecule has 88 valence electrons. The van der Waals surface area contributed by atoms with E-state index in [1.54, 1.807) is 0 Å². The van der Waals surface area contributed by atoms with Gasteiger partial charge in [-0.3, -0.25) is 4.98 Å². The largest absolute Gasteiger partial charge is 0.327 e. The molecule has 0 bridgehead atoms. The van der Waals surface area contributed by atoms with Gasteiger partial charge in [-0.2, -0.15) is 0 Å². The molecule has 4 heteroatoms. The number of rotatable bonds is 1. The minimum atomic E-state index is 0.751.